The van der Waals surface area contributed by atoms with Gasteiger partial charge in [-0.1, -0.05) is 38.9 Å². The first kappa shape index (κ1) is 38.6. The molecule has 1 saturated carbocycles. The van der Waals surface area contributed by atoms with Gasteiger partial charge in [-0.2, -0.15) is 4.31 Å². The number of sulfonamides is 1. The van der Waals surface area contributed by atoms with Gasteiger partial charge in [0.15, 0.2) is 28.2 Å². The van der Waals surface area contributed by atoms with Crippen molar-refractivity contribution < 1.29 is 39.9 Å². The van der Waals surface area contributed by atoms with Crippen LogP contribution in [0.3, 0.4) is 0 Å². The molecule has 0 N–H and O–H groups in total. The SMILES string of the molecule is C[Si](C)(C)CCOCn1cnc2cc(N(Cc3cnc(C4CCCCC4)cn3)C(=O)C3CCN3S(=O)(=O)c3c(F)c(F)c(F)c(F)c3F)ccc2c1=O. The standard InChI is InChI=1S/C35H39F5N6O5SSi/c1-53(2,3)14-13-51-20-44-19-43-25-15-23(9-10-24(25)34(44)47)45(18-22-16-42-26(17-41-22)21-7-5-4-6-8-21)35(48)27-11-12-46(27)52(49,50)33-31(39)29(37)28(36)30(38)32(33)40/h9-10,15-17,19,21,27H,4-8,11-14,18,20H2,1-3H3. The molecular weight excluding hydrogens is 740 g/mol. The quantitative estimate of drug-likeness (QED) is 0.0544. The Bertz CT molecular complexity index is 2170. The highest BCUT2D eigenvalue weighted by Gasteiger charge is 2.48. The topological polar surface area (TPSA) is 128 Å². The lowest BCUT2D eigenvalue weighted by Gasteiger charge is -2.41. The number of rotatable bonds is 12. The van der Waals surface area contributed by atoms with E-state index in [1.165, 1.54) is 40.2 Å². The fraction of sp³-hybridized carbons (Fsp3) is 0.457. The lowest BCUT2D eigenvalue weighted by Crippen LogP contribution is -2.59. The number of amides is 1. The van der Waals surface area contributed by atoms with Crippen molar-refractivity contribution in [3.05, 3.63) is 87.7 Å². The van der Waals surface area contributed by atoms with Gasteiger partial charge >= 0.3 is 0 Å². The van der Waals surface area contributed by atoms with Gasteiger partial charge in [0.1, 0.15) is 19.1 Å². The van der Waals surface area contributed by atoms with Crippen LogP contribution >= 0.6 is 0 Å². The maximum atomic E-state index is 14.7. The van der Waals surface area contributed by atoms with Crippen LogP contribution < -0.4 is 10.5 Å². The molecule has 1 atom stereocenters. The van der Waals surface area contributed by atoms with Gasteiger partial charge in [-0.15, -0.1) is 0 Å². The van der Waals surface area contributed by atoms with E-state index in [9.17, 15) is 40.0 Å². The Morgan fingerprint density at radius 1 is 0.925 bits per heavy atom. The highest BCUT2D eigenvalue weighted by atomic mass is 32.2. The van der Waals surface area contributed by atoms with Gasteiger partial charge in [0.2, 0.25) is 21.7 Å². The average Bonchev–Trinajstić information content (AvgIpc) is 3.10. The molecule has 2 fully saturated rings. The summed E-state index contributed by atoms with van der Waals surface area (Å²) in [5, 5.41) is 0.216. The molecule has 2 aromatic heterocycles. The summed E-state index contributed by atoms with van der Waals surface area (Å²) in [6.45, 7) is 6.43. The number of ether oxygens (including phenoxy) is 1. The summed E-state index contributed by atoms with van der Waals surface area (Å²) in [7, 11) is -6.75. The normalized spacial score (nSPS) is 17.2. The Labute approximate surface area is 303 Å². The van der Waals surface area contributed by atoms with Crippen LogP contribution in [0.5, 0.6) is 0 Å². The van der Waals surface area contributed by atoms with E-state index in [1.54, 1.807) is 6.20 Å². The lowest BCUT2D eigenvalue weighted by molar-refractivity contribution is -0.125. The Hall–Kier alpha value is -4.13. The third-order valence-electron chi connectivity index (χ3n) is 9.67. The van der Waals surface area contributed by atoms with Gasteiger partial charge in [0, 0.05) is 39.0 Å². The zero-order chi connectivity index (χ0) is 38.2. The van der Waals surface area contributed by atoms with Gasteiger partial charge in [-0.25, -0.2) is 35.4 Å². The highest BCUT2D eigenvalue weighted by Crippen LogP contribution is 2.36. The second kappa shape index (κ2) is 15.3. The van der Waals surface area contributed by atoms with Crippen molar-refractivity contribution >= 4 is 40.6 Å². The predicted octanol–water partition coefficient (Wildman–Crippen LogP) is 6.24. The van der Waals surface area contributed by atoms with Crippen LogP contribution in [0, 0.1) is 29.1 Å². The Morgan fingerprint density at radius 3 is 2.21 bits per heavy atom. The summed E-state index contributed by atoms with van der Waals surface area (Å²) in [6, 6.07) is 3.71. The summed E-state index contributed by atoms with van der Waals surface area (Å²) in [6.07, 6.45) is 9.59. The number of fused-ring (bicyclic) bond motifs is 1. The van der Waals surface area contributed by atoms with E-state index in [-0.39, 0.29) is 42.2 Å². The van der Waals surface area contributed by atoms with E-state index >= 15 is 0 Å². The predicted molar refractivity (Wildman–Crippen MR) is 188 cm³/mol. The number of carbonyl (C=O) groups excluding carboxylic acids is 1. The van der Waals surface area contributed by atoms with E-state index in [0.717, 1.165) is 43.8 Å². The van der Waals surface area contributed by atoms with Crippen LogP contribution in [-0.4, -0.2) is 65.4 Å². The fourth-order valence-corrected chi connectivity index (χ4v) is 8.97. The number of anilines is 1. The minimum absolute atomic E-state index is 0.0107. The van der Waals surface area contributed by atoms with Crippen molar-refractivity contribution in [3.63, 3.8) is 0 Å². The molecule has 6 rings (SSSR count). The maximum Gasteiger partial charge on any atom is 0.263 e. The van der Waals surface area contributed by atoms with Crippen LogP contribution in [-0.2, 0) is 32.8 Å². The van der Waals surface area contributed by atoms with Crippen LogP contribution in [0.25, 0.3) is 10.9 Å². The van der Waals surface area contributed by atoms with E-state index in [1.807, 2.05) is 0 Å². The molecule has 1 amide bonds. The maximum absolute atomic E-state index is 14.7. The molecule has 18 heteroatoms. The number of hydrogen-bond donors (Lipinski definition) is 0. The molecule has 2 aliphatic rings. The molecular formula is C35H39F5N6O5SSi. The zero-order valence-corrected chi connectivity index (χ0v) is 31.2. The lowest BCUT2D eigenvalue weighted by atomic mass is 9.87. The smallest absolute Gasteiger partial charge is 0.263 e. The first-order valence-corrected chi connectivity index (χ1v) is 22.5. The highest BCUT2D eigenvalue weighted by molar-refractivity contribution is 7.89. The minimum atomic E-state index is -5.39. The van der Waals surface area contributed by atoms with E-state index < -0.39 is 76.1 Å². The van der Waals surface area contributed by atoms with Crippen molar-refractivity contribution in [2.75, 3.05) is 18.1 Å². The molecule has 1 unspecified atom stereocenters. The molecule has 1 aliphatic carbocycles. The van der Waals surface area contributed by atoms with E-state index in [0.29, 0.717) is 16.6 Å². The van der Waals surface area contributed by atoms with Crippen LogP contribution in [0.4, 0.5) is 27.6 Å². The summed E-state index contributed by atoms with van der Waals surface area (Å²) in [5.41, 5.74) is 1.13. The molecule has 1 saturated heterocycles. The molecule has 4 aromatic rings. The fourth-order valence-electron chi connectivity index (χ4n) is 6.47. The molecule has 53 heavy (non-hydrogen) atoms. The number of aromatic nitrogens is 4. The third-order valence-corrected chi connectivity index (χ3v) is 13.3. The van der Waals surface area contributed by atoms with Crippen molar-refractivity contribution in [1.29, 1.82) is 0 Å². The van der Waals surface area contributed by atoms with Crippen molar-refractivity contribution in [2.45, 2.75) is 94.3 Å². The van der Waals surface area contributed by atoms with Crippen LogP contribution in [0.15, 0.2) is 46.6 Å². The number of carbonyl (C=O) groups is 1. The van der Waals surface area contributed by atoms with Crippen molar-refractivity contribution in [2.24, 2.45) is 0 Å². The molecule has 284 valence electrons. The summed E-state index contributed by atoms with van der Waals surface area (Å²) < 4.78 is 105. The molecule has 0 bridgehead atoms. The molecule has 11 nitrogen and oxygen atoms in total. The van der Waals surface area contributed by atoms with Gasteiger partial charge < -0.3 is 9.64 Å². The third kappa shape index (κ3) is 7.90. The number of benzene rings is 2. The van der Waals surface area contributed by atoms with Gasteiger partial charge in [0.05, 0.1) is 35.0 Å². The second-order valence-electron chi connectivity index (χ2n) is 14.6. The van der Waals surface area contributed by atoms with Gasteiger partial charge in [-0.3, -0.25) is 24.1 Å². The Balaban J connectivity index is 1.32. The first-order chi connectivity index (χ1) is 25.1. The Morgan fingerprint density at radius 2 is 1.60 bits per heavy atom. The monoisotopic (exact) mass is 778 g/mol. The summed E-state index contributed by atoms with van der Waals surface area (Å²) in [4.78, 5) is 40.2. The number of nitrogens with zero attached hydrogens (tertiary/aromatic N) is 6. The molecule has 0 radical (unpaired) electrons. The molecule has 3 heterocycles. The van der Waals surface area contributed by atoms with Crippen molar-refractivity contribution in [1.82, 2.24) is 23.8 Å². The van der Waals surface area contributed by atoms with E-state index in [4.69, 9.17) is 4.74 Å². The number of hydrogen-bond acceptors (Lipinski definition) is 8. The first-order valence-electron chi connectivity index (χ1n) is 17.3. The van der Waals surface area contributed by atoms with Crippen LogP contribution in [0.1, 0.15) is 55.8 Å². The summed E-state index contributed by atoms with van der Waals surface area (Å²) in [5.74, 6) is -13.0. The van der Waals surface area contributed by atoms with Crippen molar-refractivity contribution in [3.8, 4) is 0 Å². The minimum Gasteiger partial charge on any atom is -0.361 e. The summed E-state index contributed by atoms with van der Waals surface area (Å²) >= 11 is 0. The van der Waals surface area contributed by atoms with Gasteiger partial charge in [0.25, 0.3) is 5.56 Å². The molecule has 0 spiro atoms. The Kier molecular flexibility index (Phi) is 11.1. The average molecular weight is 779 g/mol. The van der Waals surface area contributed by atoms with Crippen LogP contribution in [0.2, 0.25) is 25.7 Å². The van der Waals surface area contributed by atoms with Gasteiger partial charge in [-0.05, 0) is 43.5 Å². The second-order valence-corrected chi connectivity index (χ2v) is 22.0. The molecule has 1 aliphatic heterocycles. The largest absolute Gasteiger partial charge is 0.361 e. The zero-order valence-electron chi connectivity index (χ0n) is 29.4. The number of halogens is 5. The van der Waals surface area contributed by atoms with E-state index in [2.05, 4.69) is 34.6 Å². The molecule has 2 aromatic carbocycles.